The monoisotopic (exact) mass is 253 g/mol. The molecular formula is C18H23N. The summed E-state index contributed by atoms with van der Waals surface area (Å²) < 4.78 is 0. The number of aryl methyl sites for hydroxylation is 1. The Morgan fingerprint density at radius 1 is 0.947 bits per heavy atom. The van der Waals surface area contributed by atoms with Gasteiger partial charge < -0.3 is 5.73 Å². The highest BCUT2D eigenvalue weighted by Gasteiger charge is 2.02. The van der Waals surface area contributed by atoms with Gasteiger partial charge in [0.05, 0.1) is 0 Å². The van der Waals surface area contributed by atoms with Crippen LogP contribution in [0.5, 0.6) is 0 Å². The van der Waals surface area contributed by atoms with E-state index < -0.39 is 0 Å². The molecule has 2 N–H and O–H groups in total. The van der Waals surface area contributed by atoms with Gasteiger partial charge in [0.2, 0.25) is 0 Å². The lowest BCUT2D eigenvalue weighted by atomic mass is 9.98. The Bertz CT molecular complexity index is 511. The first-order valence-electron chi connectivity index (χ1n) is 7.13. The maximum absolute atomic E-state index is 5.87. The lowest BCUT2D eigenvalue weighted by Gasteiger charge is -2.08. The maximum atomic E-state index is 5.87. The number of benzene rings is 2. The molecule has 0 radical (unpaired) electrons. The van der Waals surface area contributed by atoms with Crippen molar-refractivity contribution in [1.29, 1.82) is 0 Å². The van der Waals surface area contributed by atoms with Crippen molar-refractivity contribution in [3.63, 3.8) is 0 Å². The first kappa shape index (κ1) is 13.8. The molecule has 2 rings (SSSR count). The first-order chi connectivity index (χ1) is 9.19. The second-order valence-corrected chi connectivity index (χ2v) is 5.33. The van der Waals surface area contributed by atoms with Crippen molar-refractivity contribution in [2.75, 3.05) is 0 Å². The van der Waals surface area contributed by atoms with Crippen molar-refractivity contribution in [2.24, 2.45) is 5.73 Å². The molecule has 1 unspecified atom stereocenters. The van der Waals surface area contributed by atoms with Gasteiger partial charge in [0, 0.05) is 6.04 Å². The van der Waals surface area contributed by atoms with Crippen LogP contribution in [0.1, 0.15) is 31.4 Å². The van der Waals surface area contributed by atoms with Gasteiger partial charge in [-0.25, -0.2) is 0 Å². The lowest BCUT2D eigenvalue weighted by Crippen LogP contribution is -2.17. The van der Waals surface area contributed by atoms with E-state index in [0.29, 0.717) is 0 Å². The van der Waals surface area contributed by atoms with Crippen molar-refractivity contribution in [2.45, 2.75) is 39.2 Å². The predicted molar refractivity (Wildman–Crippen MR) is 83.2 cm³/mol. The Hall–Kier alpha value is -1.60. The Labute approximate surface area is 116 Å². The van der Waals surface area contributed by atoms with E-state index in [2.05, 4.69) is 55.5 Å². The molecule has 2 aromatic rings. The van der Waals surface area contributed by atoms with E-state index in [-0.39, 0.29) is 6.04 Å². The molecule has 1 heteroatoms. The van der Waals surface area contributed by atoms with Crippen LogP contribution in [0.15, 0.2) is 48.5 Å². The van der Waals surface area contributed by atoms with Crippen LogP contribution in [0.25, 0.3) is 11.1 Å². The standard InChI is InChI=1S/C18H23N/c1-3-5-15-8-10-17(11-9-15)18-7-4-6-16(13-18)12-14(2)19/h4,6-11,13-14H,3,5,12,19H2,1-2H3. The molecule has 0 bridgehead atoms. The molecule has 0 heterocycles. The summed E-state index contributed by atoms with van der Waals surface area (Å²) >= 11 is 0. The van der Waals surface area contributed by atoms with Crippen LogP contribution in [0.4, 0.5) is 0 Å². The minimum Gasteiger partial charge on any atom is -0.328 e. The Balaban J connectivity index is 2.21. The van der Waals surface area contributed by atoms with E-state index in [1.807, 2.05) is 6.92 Å². The van der Waals surface area contributed by atoms with Crippen LogP contribution in [-0.4, -0.2) is 6.04 Å². The second-order valence-electron chi connectivity index (χ2n) is 5.33. The Kier molecular flexibility index (Phi) is 4.75. The van der Waals surface area contributed by atoms with Crippen molar-refractivity contribution >= 4 is 0 Å². The van der Waals surface area contributed by atoms with Gasteiger partial charge in [-0.1, -0.05) is 61.9 Å². The van der Waals surface area contributed by atoms with Gasteiger partial charge in [-0.2, -0.15) is 0 Å². The summed E-state index contributed by atoms with van der Waals surface area (Å²) in [5.74, 6) is 0. The molecule has 0 fully saturated rings. The molecule has 0 aliphatic heterocycles. The summed E-state index contributed by atoms with van der Waals surface area (Å²) in [6.07, 6.45) is 3.29. The highest BCUT2D eigenvalue weighted by molar-refractivity contribution is 5.64. The van der Waals surface area contributed by atoms with Crippen LogP contribution in [-0.2, 0) is 12.8 Å². The lowest BCUT2D eigenvalue weighted by molar-refractivity contribution is 0.738. The van der Waals surface area contributed by atoms with E-state index in [1.54, 1.807) is 0 Å². The molecule has 2 aromatic carbocycles. The number of hydrogen-bond acceptors (Lipinski definition) is 1. The Morgan fingerprint density at radius 3 is 2.32 bits per heavy atom. The number of rotatable bonds is 5. The molecule has 1 nitrogen and oxygen atoms in total. The van der Waals surface area contributed by atoms with Crippen LogP contribution < -0.4 is 5.73 Å². The van der Waals surface area contributed by atoms with Crippen LogP contribution in [0, 0.1) is 0 Å². The summed E-state index contributed by atoms with van der Waals surface area (Å²) in [5.41, 5.74) is 11.2. The number of hydrogen-bond donors (Lipinski definition) is 1. The molecular weight excluding hydrogens is 230 g/mol. The predicted octanol–water partition coefficient (Wildman–Crippen LogP) is 4.20. The third-order valence-electron chi connectivity index (χ3n) is 3.31. The normalized spacial score (nSPS) is 12.4. The number of nitrogens with two attached hydrogens (primary N) is 1. The van der Waals surface area contributed by atoms with Crippen LogP contribution >= 0.6 is 0 Å². The maximum Gasteiger partial charge on any atom is 0.00509 e. The smallest absolute Gasteiger partial charge is 0.00509 e. The van der Waals surface area contributed by atoms with E-state index in [1.165, 1.54) is 28.7 Å². The van der Waals surface area contributed by atoms with Gasteiger partial charge in [0.1, 0.15) is 0 Å². The molecule has 0 aliphatic carbocycles. The van der Waals surface area contributed by atoms with Crippen molar-refractivity contribution in [3.05, 3.63) is 59.7 Å². The largest absolute Gasteiger partial charge is 0.328 e. The van der Waals surface area contributed by atoms with Crippen molar-refractivity contribution in [1.82, 2.24) is 0 Å². The van der Waals surface area contributed by atoms with Gasteiger partial charge in [-0.05, 0) is 42.0 Å². The molecule has 0 amide bonds. The van der Waals surface area contributed by atoms with Crippen molar-refractivity contribution in [3.8, 4) is 11.1 Å². The fourth-order valence-electron chi connectivity index (χ4n) is 2.40. The summed E-state index contributed by atoms with van der Waals surface area (Å²) in [7, 11) is 0. The van der Waals surface area contributed by atoms with Crippen LogP contribution in [0.2, 0.25) is 0 Å². The molecule has 0 spiro atoms. The quantitative estimate of drug-likeness (QED) is 0.849. The third kappa shape index (κ3) is 3.93. The minimum absolute atomic E-state index is 0.210. The van der Waals surface area contributed by atoms with E-state index in [0.717, 1.165) is 12.8 Å². The van der Waals surface area contributed by atoms with Gasteiger partial charge in [-0.15, -0.1) is 0 Å². The highest BCUT2D eigenvalue weighted by atomic mass is 14.6. The van der Waals surface area contributed by atoms with E-state index in [4.69, 9.17) is 5.73 Å². The molecule has 0 aromatic heterocycles. The molecule has 19 heavy (non-hydrogen) atoms. The average molecular weight is 253 g/mol. The highest BCUT2D eigenvalue weighted by Crippen LogP contribution is 2.21. The van der Waals surface area contributed by atoms with E-state index in [9.17, 15) is 0 Å². The van der Waals surface area contributed by atoms with Crippen LogP contribution in [0.3, 0.4) is 0 Å². The molecule has 0 saturated carbocycles. The molecule has 0 saturated heterocycles. The molecule has 0 aliphatic rings. The fraction of sp³-hybridized carbons (Fsp3) is 0.333. The third-order valence-corrected chi connectivity index (χ3v) is 3.31. The zero-order valence-electron chi connectivity index (χ0n) is 11.9. The van der Waals surface area contributed by atoms with Gasteiger partial charge >= 0.3 is 0 Å². The average Bonchev–Trinajstić information content (AvgIpc) is 2.39. The van der Waals surface area contributed by atoms with Gasteiger partial charge in [0.15, 0.2) is 0 Å². The minimum atomic E-state index is 0.210. The van der Waals surface area contributed by atoms with Crippen molar-refractivity contribution < 1.29 is 0 Å². The van der Waals surface area contributed by atoms with Gasteiger partial charge in [-0.3, -0.25) is 0 Å². The molecule has 1 atom stereocenters. The van der Waals surface area contributed by atoms with Gasteiger partial charge in [0.25, 0.3) is 0 Å². The Morgan fingerprint density at radius 2 is 1.68 bits per heavy atom. The molecule has 100 valence electrons. The fourth-order valence-corrected chi connectivity index (χ4v) is 2.40. The summed E-state index contributed by atoms with van der Waals surface area (Å²) in [4.78, 5) is 0. The summed E-state index contributed by atoms with van der Waals surface area (Å²) in [6.45, 7) is 4.26. The topological polar surface area (TPSA) is 26.0 Å². The van der Waals surface area contributed by atoms with E-state index >= 15 is 0 Å². The first-order valence-corrected chi connectivity index (χ1v) is 7.13. The SMILES string of the molecule is CCCc1ccc(-c2cccc(CC(C)N)c2)cc1. The summed E-state index contributed by atoms with van der Waals surface area (Å²) in [5, 5.41) is 0. The second kappa shape index (κ2) is 6.53. The zero-order valence-corrected chi connectivity index (χ0v) is 11.9. The summed E-state index contributed by atoms with van der Waals surface area (Å²) in [6, 6.07) is 17.8. The zero-order chi connectivity index (χ0) is 13.7.